The first kappa shape index (κ1) is 41.7. The number of unbranched alkanes of at least 4 members (excludes halogenated alkanes) is 24. The first-order valence-corrected chi connectivity index (χ1v) is 23.3. The third kappa shape index (κ3) is 40.7. The smallest absolute Gasteiger partial charge is 0.303 e. The van der Waals surface area contributed by atoms with E-state index in [1.54, 1.807) is 0 Å². The Balaban J connectivity index is 3.04. The first-order chi connectivity index (χ1) is 20.1. The molecular formula is C32H62O4S5. The summed E-state index contributed by atoms with van der Waals surface area (Å²) in [6.07, 6.45) is 34.2. The van der Waals surface area contributed by atoms with Crippen molar-refractivity contribution in [1.29, 1.82) is 0 Å². The van der Waals surface area contributed by atoms with Crippen LogP contribution >= 0.6 is 51.1 Å². The highest BCUT2D eigenvalue weighted by Gasteiger charge is 2.00. The highest BCUT2D eigenvalue weighted by molar-refractivity contribution is 9.35. The second kappa shape index (κ2) is 36.9. The summed E-state index contributed by atoms with van der Waals surface area (Å²) in [5, 5.41) is 17.3. The number of carbonyl (C=O) groups is 2. The van der Waals surface area contributed by atoms with E-state index in [0.29, 0.717) is 12.8 Å². The quantitative estimate of drug-likeness (QED) is 0.0500. The molecule has 0 rings (SSSR count). The molecule has 0 heterocycles. The molecule has 9 heteroatoms. The molecule has 0 atom stereocenters. The highest BCUT2D eigenvalue weighted by Crippen LogP contribution is 2.48. The fourth-order valence-electron chi connectivity index (χ4n) is 4.88. The van der Waals surface area contributed by atoms with Gasteiger partial charge in [-0.3, -0.25) is 9.59 Å². The lowest BCUT2D eigenvalue weighted by molar-refractivity contribution is -0.138. The predicted molar refractivity (Wildman–Crippen MR) is 192 cm³/mol. The van der Waals surface area contributed by atoms with Gasteiger partial charge in [-0.25, -0.2) is 0 Å². The Hall–Kier alpha value is 0.690. The summed E-state index contributed by atoms with van der Waals surface area (Å²) in [5.74, 6) is 1.25. The van der Waals surface area contributed by atoms with E-state index in [-0.39, 0.29) is 0 Å². The Labute approximate surface area is 272 Å². The van der Waals surface area contributed by atoms with Crippen molar-refractivity contribution in [2.75, 3.05) is 11.5 Å². The molecule has 4 nitrogen and oxygen atoms in total. The van der Waals surface area contributed by atoms with E-state index in [1.807, 2.05) is 51.1 Å². The Morgan fingerprint density at radius 2 is 0.537 bits per heavy atom. The predicted octanol–water partition coefficient (Wildman–Crippen LogP) is 13.4. The average Bonchev–Trinajstić information content (AvgIpc) is 2.94. The number of hydrogen-bond acceptors (Lipinski definition) is 7. The third-order valence-electron chi connectivity index (χ3n) is 7.39. The van der Waals surface area contributed by atoms with E-state index in [0.717, 1.165) is 25.7 Å². The molecule has 0 aromatic carbocycles. The summed E-state index contributed by atoms with van der Waals surface area (Å²) in [6, 6.07) is 0. The van der Waals surface area contributed by atoms with E-state index in [1.165, 1.54) is 153 Å². The first-order valence-electron chi connectivity index (χ1n) is 16.8. The molecule has 0 saturated heterocycles. The van der Waals surface area contributed by atoms with Gasteiger partial charge in [0.25, 0.3) is 0 Å². The van der Waals surface area contributed by atoms with Crippen LogP contribution in [-0.4, -0.2) is 33.7 Å². The van der Waals surface area contributed by atoms with Crippen molar-refractivity contribution in [2.45, 2.75) is 180 Å². The maximum Gasteiger partial charge on any atom is 0.303 e. The molecule has 0 unspecified atom stereocenters. The van der Waals surface area contributed by atoms with Crippen molar-refractivity contribution < 1.29 is 19.8 Å². The Morgan fingerprint density at radius 3 is 0.780 bits per heavy atom. The monoisotopic (exact) mass is 670 g/mol. The van der Waals surface area contributed by atoms with Crippen LogP contribution in [0.2, 0.25) is 0 Å². The molecule has 2 N–H and O–H groups in total. The zero-order valence-corrected chi connectivity index (χ0v) is 30.0. The van der Waals surface area contributed by atoms with E-state index >= 15 is 0 Å². The summed E-state index contributed by atoms with van der Waals surface area (Å²) < 4.78 is 0. The molecule has 244 valence electrons. The zero-order chi connectivity index (χ0) is 29.9. The number of carboxylic acids is 2. The largest absolute Gasteiger partial charge is 0.481 e. The highest BCUT2D eigenvalue weighted by atomic mass is 33.8. The minimum atomic E-state index is -0.658. The Kier molecular flexibility index (Phi) is 37.5. The molecule has 0 aliphatic heterocycles. The van der Waals surface area contributed by atoms with Gasteiger partial charge in [0.15, 0.2) is 0 Å². The molecule has 0 fully saturated rings. The Morgan fingerprint density at radius 1 is 0.317 bits per heavy atom. The van der Waals surface area contributed by atoms with Crippen molar-refractivity contribution in [3.63, 3.8) is 0 Å². The molecular weight excluding hydrogens is 609 g/mol. The van der Waals surface area contributed by atoms with Gasteiger partial charge in [-0.1, -0.05) is 163 Å². The van der Waals surface area contributed by atoms with E-state index in [4.69, 9.17) is 10.2 Å². The molecule has 0 amide bonds. The summed E-state index contributed by atoms with van der Waals surface area (Å²) >= 11 is 0. The van der Waals surface area contributed by atoms with E-state index < -0.39 is 11.9 Å². The molecule has 0 radical (unpaired) electrons. The van der Waals surface area contributed by atoms with Gasteiger partial charge in [-0.05, 0) is 55.2 Å². The molecule has 0 aromatic heterocycles. The normalized spacial score (nSPS) is 11.3. The fourth-order valence-corrected chi connectivity index (χ4v) is 13.9. The van der Waals surface area contributed by atoms with Crippen molar-refractivity contribution in [2.24, 2.45) is 0 Å². The number of carboxylic acid groups (broad SMARTS) is 2. The number of hydrogen-bond donors (Lipinski definition) is 2. The lowest BCUT2D eigenvalue weighted by Gasteiger charge is -2.04. The fraction of sp³-hybridized carbons (Fsp3) is 0.938. The van der Waals surface area contributed by atoms with Crippen LogP contribution in [0.4, 0.5) is 0 Å². The van der Waals surface area contributed by atoms with Crippen LogP contribution in [0.15, 0.2) is 0 Å². The van der Waals surface area contributed by atoms with Crippen LogP contribution in [0.3, 0.4) is 0 Å². The SMILES string of the molecule is O=C(O)CCCCCCCCCCCCCCCSSSSSCCCCCCCCCCCCCCCC(=O)O. The van der Waals surface area contributed by atoms with Crippen LogP contribution in [0, 0.1) is 0 Å². The van der Waals surface area contributed by atoms with Crippen molar-refractivity contribution in [3.8, 4) is 0 Å². The summed E-state index contributed by atoms with van der Waals surface area (Å²) in [5.41, 5.74) is 0. The third-order valence-corrected chi connectivity index (χ3v) is 16.2. The maximum atomic E-state index is 10.5. The Bertz CT molecular complexity index is 508. The van der Waals surface area contributed by atoms with Gasteiger partial charge in [0.05, 0.1) is 0 Å². The van der Waals surface area contributed by atoms with E-state index in [9.17, 15) is 9.59 Å². The standard InChI is InChI=1S/C32H62O4S5/c33-31(34)27-23-19-15-11-7-3-1-5-9-13-17-21-25-29-37-39-41-40-38-30-26-22-18-14-10-6-2-4-8-12-16-20-24-28-32(35)36/h1-30H2,(H,33,34)(H,35,36). The van der Waals surface area contributed by atoms with Gasteiger partial charge in [-0.15, -0.1) is 0 Å². The lowest BCUT2D eigenvalue weighted by atomic mass is 10.0. The second-order valence-corrected chi connectivity index (χ2v) is 19.3. The molecule has 0 spiro atoms. The van der Waals surface area contributed by atoms with Gasteiger partial charge in [0, 0.05) is 24.3 Å². The van der Waals surface area contributed by atoms with Crippen molar-refractivity contribution >= 4 is 63.0 Å². The molecule has 0 aliphatic carbocycles. The van der Waals surface area contributed by atoms with Gasteiger partial charge in [-0.2, -0.15) is 0 Å². The molecule has 0 bridgehead atoms. The van der Waals surface area contributed by atoms with Crippen LogP contribution < -0.4 is 0 Å². The van der Waals surface area contributed by atoms with Crippen LogP contribution in [0.1, 0.15) is 180 Å². The van der Waals surface area contributed by atoms with E-state index in [2.05, 4.69) is 0 Å². The van der Waals surface area contributed by atoms with Crippen molar-refractivity contribution in [3.05, 3.63) is 0 Å². The summed E-state index contributed by atoms with van der Waals surface area (Å²) in [6.45, 7) is 0. The van der Waals surface area contributed by atoms with Gasteiger partial charge in [0.2, 0.25) is 0 Å². The molecule has 41 heavy (non-hydrogen) atoms. The molecule has 0 aliphatic rings. The van der Waals surface area contributed by atoms with Gasteiger partial charge in [0.1, 0.15) is 0 Å². The number of rotatable bonds is 36. The van der Waals surface area contributed by atoms with Crippen LogP contribution in [0.5, 0.6) is 0 Å². The number of aliphatic carboxylic acids is 2. The molecule has 0 aromatic rings. The summed E-state index contributed by atoms with van der Waals surface area (Å²) in [4.78, 5) is 20.9. The lowest BCUT2D eigenvalue weighted by Crippen LogP contribution is -1.93. The van der Waals surface area contributed by atoms with Crippen LogP contribution in [0.25, 0.3) is 0 Å². The van der Waals surface area contributed by atoms with Crippen LogP contribution in [-0.2, 0) is 9.59 Å². The van der Waals surface area contributed by atoms with Gasteiger partial charge >= 0.3 is 11.9 Å². The minimum absolute atomic E-state index is 0.335. The van der Waals surface area contributed by atoms with Crippen molar-refractivity contribution in [1.82, 2.24) is 0 Å². The molecule has 0 saturated carbocycles. The van der Waals surface area contributed by atoms with Gasteiger partial charge < -0.3 is 10.2 Å². The average molecular weight is 671 g/mol. The second-order valence-electron chi connectivity index (χ2n) is 11.3. The maximum absolute atomic E-state index is 10.5. The topological polar surface area (TPSA) is 74.6 Å². The summed E-state index contributed by atoms with van der Waals surface area (Å²) in [7, 11) is 9.90. The minimum Gasteiger partial charge on any atom is -0.481 e. The zero-order valence-electron chi connectivity index (χ0n) is 26.0.